The van der Waals surface area contributed by atoms with E-state index in [-0.39, 0.29) is 0 Å². The van der Waals surface area contributed by atoms with Crippen LogP contribution in [0.4, 0.5) is 0 Å². The summed E-state index contributed by atoms with van der Waals surface area (Å²) < 4.78 is 0. The van der Waals surface area contributed by atoms with Crippen molar-refractivity contribution in [2.75, 3.05) is 19.6 Å². The van der Waals surface area contributed by atoms with Crippen molar-refractivity contribution in [1.82, 2.24) is 0 Å². The first-order valence-corrected chi connectivity index (χ1v) is 8.90. The molecule has 116 valence electrons. The maximum atomic E-state index is 11.6. The molecule has 1 aliphatic carbocycles. The Balaban J connectivity index is 1.75. The molecule has 2 N–H and O–H groups in total. The molecule has 0 bridgehead atoms. The van der Waals surface area contributed by atoms with E-state index < -0.39 is 5.60 Å². The molecule has 0 radical (unpaired) electrons. The monoisotopic (exact) mass is 288 g/mol. The molecule has 21 heavy (non-hydrogen) atoms. The molecule has 2 heteroatoms. The summed E-state index contributed by atoms with van der Waals surface area (Å²) >= 11 is 0. The molecule has 1 aliphatic heterocycles. The van der Waals surface area contributed by atoms with Crippen molar-refractivity contribution in [2.45, 2.75) is 57.0 Å². The number of rotatable bonds is 5. The topological polar surface area (TPSA) is 24.7 Å². The maximum Gasteiger partial charge on any atom is 0.0978 e. The van der Waals surface area contributed by atoms with Crippen molar-refractivity contribution in [3.8, 4) is 0 Å². The Morgan fingerprint density at radius 1 is 0.952 bits per heavy atom. The van der Waals surface area contributed by atoms with E-state index in [9.17, 15) is 5.11 Å². The summed E-state index contributed by atoms with van der Waals surface area (Å²) in [7, 11) is 0. The minimum absolute atomic E-state index is 0.454. The summed E-state index contributed by atoms with van der Waals surface area (Å²) in [5.74, 6) is 0.454. The first kappa shape index (κ1) is 15.1. The summed E-state index contributed by atoms with van der Waals surface area (Å²) in [4.78, 5) is 1.69. The van der Waals surface area contributed by atoms with Gasteiger partial charge in [0.1, 0.15) is 0 Å². The largest absolute Gasteiger partial charge is 0.385 e. The third-order valence-corrected chi connectivity index (χ3v) is 5.72. The van der Waals surface area contributed by atoms with Gasteiger partial charge in [-0.2, -0.15) is 0 Å². The summed E-state index contributed by atoms with van der Waals surface area (Å²) in [5, 5.41) is 11.6. The number of quaternary nitrogens is 1. The summed E-state index contributed by atoms with van der Waals surface area (Å²) in [6.07, 6.45) is 9.97. The van der Waals surface area contributed by atoms with Crippen LogP contribution >= 0.6 is 0 Å². The highest BCUT2D eigenvalue weighted by molar-refractivity contribution is 5.23. The molecule has 1 aromatic carbocycles. The standard InChI is InChI=1S/C19H29NO/c21-19(17-9-3-1-4-10-17,18-11-5-2-6-12-18)13-16-20-14-7-8-15-20/h1,3-4,9-10,18,21H,2,5-8,11-16H2/p+1. The molecule has 2 nitrogen and oxygen atoms in total. The lowest BCUT2D eigenvalue weighted by Crippen LogP contribution is -3.10. The van der Waals surface area contributed by atoms with Crippen LogP contribution in [0.2, 0.25) is 0 Å². The second-order valence-corrected chi connectivity index (χ2v) is 7.08. The van der Waals surface area contributed by atoms with Gasteiger partial charge in [0.15, 0.2) is 0 Å². The van der Waals surface area contributed by atoms with Crippen molar-refractivity contribution in [2.24, 2.45) is 5.92 Å². The molecule has 1 aromatic rings. The van der Waals surface area contributed by atoms with Crippen LogP contribution < -0.4 is 4.90 Å². The van der Waals surface area contributed by atoms with Crippen molar-refractivity contribution in [1.29, 1.82) is 0 Å². The lowest BCUT2D eigenvalue weighted by atomic mass is 9.71. The quantitative estimate of drug-likeness (QED) is 0.855. The molecular formula is C19H30NO+. The number of nitrogens with one attached hydrogen (secondary N) is 1. The molecule has 0 amide bonds. The Hall–Kier alpha value is -0.860. The van der Waals surface area contributed by atoms with Crippen LogP contribution in [0, 0.1) is 5.92 Å². The molecule has 1 saturated carbocycles. The van der Waals surface area contributed by atoms with E-state index in [1.165, 1.54) is 58.0 Å². The van der Waals surface area contributed by atoms with Crippen LogP contribution in [0.3, 0.4) is 0 Å². The molecule has 2 aliphatic rings. The molecule has 1 saturated heterocycles. The van der Waals surface area contributed by atoms with E-state index in [1.54, 1.807) is 4.90 Å². The fourth-order valence-corrected chi connectivity index (χ4v) is 4.38. The van der Waals surface area contributed by atoms with Crippen LogP contribution in [0.15, 0.2) is 30.3 Å². The maximum absolute atomic E-state index is 11.6. The predicted molar refractivity (Wildman–Crippen MR) is 86.3 cm³/mol. The SMILES string of the molecule is OC(CC[NH+]1CCCC1)(c1ccccc1)C1CCCCC1. The minimum Gasteiger partial charge on any atom is -0.385 e. The van der Waals surface area contributed by atoms with Crippen LogP contribution in [-0.4, -0.2) is 24.7 Å². The molecule has 1 atom stereocenters. The minimum atomic E-state index is -0.600. The van der Waals surface area contributed by atoms with Crippen molar-refractivity contribution in [3.63, 3.8) is 0 Å². The second-order valence-electron chi connectivity index (χ2n) is 7.08. The fraction of sp³-hybridized carbons (Fsp3) is 0.684. The lowest BCUT2D eigenvalue weighted by molar-refractivity contribution is -0.888. The van der Waals surface area contributed by atoms with Gasteiger partial charge in [0.25, 0.3) is 0 Å². The number of hydrogen-bond donors (Lipinski definition) is 2. The van der Waals surface area contributed by atoms with Gasteiger partial charge < -0.3 is 10.0 Å². The van der Waals surface area contributed by atoms with Gasteiger partial charge in [0.05, 0.1) is 25.2 Å². The summed E-state index contributed by atoms with van der Waals surface area (Å²) in [6.45, 7) is 3.73. The highest BCUT2D eigenvalue weighted by Crippen LogP contribution is 2.41. The van der Waals surface area contributed by atoms with Gasteiger partial charge >= 0.3 is 0 Å². The number of hydrogen-bond acceptors (Lipinski definition) is 1. The smallest absolute Gasteiger partial charge is 0.0978 e. The van der Waals surface area contributed by atoms with E-state index in [2.05, 4.69) is 30.3 Å². The third kappa shape index (κ3) is 3.49. The second kappa shape index (κ2) is 6.93. The van der Waals surface area contributed by atoms with Gasteiger partial charge in [-0.05, 0) is 24.3 Å². The van der Waals surface area contributed by atoms with Gasteiger partial charge in [-0.15, -0.1) is 0 Å². The zero-order valence-electron chi connectivity index (χ0n) is 13.2. The van der Waals surface area contributed by atoms with Crippen molar-refractivity contribution >= 4 is 0 Å². The van der Waals surface area contributed by atoms with Gasteiger partial charge in [0, 0.05) is 19.3 Å². The first-order valence-electron chi connectivity index (χ1n) is 8.90. The van der Waals surface area contributed by atoms with E-state index in [4.69, 9.17) is 0 Å². The Morgan fingerprint density at radius 3 is 2.29 bits per heavy atom. The Bertz CT molecular complexity index is 420. The van der Waals surface area contributed by atoms with Gasteiger partial charge in [-0.1, -0.05) is 49.6 Å². The fourth-order valence-electron chi connectivity index (χ4n) is 4.38. The highest BCUT2D eigenvalue weighted by atomic mass is 16.3. The van der Waals surface area contributed by atoms with Gasteiger partial charge in [-0.25, -0.2) is 0 Å². The zero-order chi connectivity index (χ0) is 14.5. The van der Waals surface area contributed by atoms with E-state index in [0.717, 1.165) is 18.5 Å². The number of likely N-dealkylation sites (tertiary alicyclic amines) is 1. The van der Waals surface area contributed by atoms with Crippen molar-refractivity contribution < 1.29 is 10.0 Å². The summed E-state index contributed by atoms with van der Waals surface area (Å²) in [5.41, 5.74) is 0.549. The van der Waals surface area contributed by atoms with E-state index in [1.807, 2.05) is 0 Å². The Labute approximate surface area is 129 Å². The molecular weight excluding hydrogens is 258 g/mol. The zero-order valence-corrected chi connectivity index (χ0v) is 13.2. The van der Waals surface area contributed by atoms with Crippen LogP contribution in [-0.2, 0) is 5.60 Å². The Morgan fingerprint density at radius 2 is 1.62 bits per heavy atom. The average Bonchev–Trinajstić information content (AvgIpc) is 3.08. The third-order valence-electron chi connectivity index (χ3n) is 5.72. The van der Waals surface area contributed by atoms with Crippen LogP contribution in [0.1, 0.15) is 56.9 Å². The molecule has 0 spiro atoms. The van der Waals surface area contributed by atoms with Gasteiger partial charge in [0.2, 0.25) is 0 Å². The number of benzene rings is 1. The molecule has 1 heterocycles. The normalized spacial score (nSPS) is 24.0. The highest BCUT2D eigenvalue weighted by Gasteiger charge is 2.39. The molecule has 2 fully saturated rings. The van der Waals surface area contributed by atoms with Gasteiger partial charge in [-0.3, -0.25) is 0 Å². The molecule has 1 unspecified atom stereocenters. The van der Waals surface area contributed by atoms with Crippen LogP contribution in [0.25, 0.3) is 0 Å². The first-order chi connectivity index (χ1) is 10.3. The Kier molecular flexibility index (Phi) is 4.97. The van der Waals surface area contributed by atoms with Crippen molar-refractivity contribution in [3.05, 3.63) is 35.9 Å². The number of aliphatic hydroxyl groups is 1. The van der Waals surface area contributed by atoms with E-state index >= 15 is 0 Å². The predicted octanol–water partition coefficient (Wildman–Crippen LogP) is 2.52. The van der Waals surface area contributed by atoms with Crippen LogP contribution in [0.5, 0.6) is 0 Å². The molecule has 3 rings (SSSR count). The van der Waals surface area contributed by atoms with E-state index in [0.29, 0.717) is 5.92 Å². The lowest BCUT2D eigenvalue weighted by Gasteiger charge is -2.39. The average molecular weight is 288 g/mol. The molecule has 0 aromatic heterocycles. The summed E-state index contributed by atoms with van der Waals surface area (Å²) in [6, 6.07) is 10.5.